The van der Waals surface area contributed by atoms with E-state index >= 15 is 0 Å². The normalized spacial score (nSPS) is 10.4. The van der Waals surface area contributed by atoms with Crippen LogP contribution in [-0.2, 0) is 0 Å². The first-order valence-electron chi connectivity index (χ1n) is 4.39. The van der Waals surface area contributed by atoms with Gasteiger partial charge in [0.2, 0.25) is 0 Å². The van der Waals surface area contributed by atoms with Gasteiger partial charge in [-0.05, 0) is 30.0 Å². The van der Waals surface area contributed by atoms with Crippen molar-refractivity contribution in [3.63, 3.8) is 0 Å². The zero-order valence-electron chi connectivity index (χ0n) is 8.13. The molecular weight excluding hydrogens is 178 g/mol. The largest absolute Gasteiger partial charge is 0.496 e. The van der Waals surface area contributed by atoms with E-state index in [1.54, 1.807) is 13.3 Å². The minimum Gasteiger partial charge on any atom is -0.496 e. The number of fused-ring (bicyclic) bond motifs is 1. The predicted octanol–water partition coefficient (Wildman–Crippen LogP) is 1.85. The van der Waals surface area contributed by atoms with Crippen molar-refractivity contribution in [3.8, 4) is 5.75 Å². The van der Waals surface area contributed by atoms with Crippen molar-refractivity contribution in [2.45, 2.75) is 6.92 Å². The molecule has 0 saturated heterocycles. The summed E-state index contributed by atoms with van der Waals surface area (Å²) in [5.74, 6) is 0.618. The second-order valence-electron chi connectivity index (χ2n) is 3.18. The highest BCUT2D eigenvalue weighted by molar-refractivity contribution is 5.89. The average Bonchev–Trinajstić information content (AvgIpc) is 2.20. The van der Waals surface area contributed by atoms with Gasteiger partial charge in [0.25, 0.3) is 5.56 Å². The summed E-state index contributed by atoms with van der Waals surface area (Å²) in [6.07, 6.45) is 1.65. The lowest BCUT2D eigenvalue weighted by molar-refractivity contribution is 0.419. The molecule has 0 spiro atoms. The number of hydrogen-bond acceptors (Lipinski definition) is 2. The van der Waals surface area contributed by atoms with Crippen molar-refractivity contribution in [1.82, 2.24) is 4.98 Å². The first-order valence-corrected chi connectivity index (χ1v) is 4.39. The molecule has 0 radical (unpaired) electrons. The molecule has 72 valence electrons. The van der Waals surface area contributed by atoms with Crippen LogP contribution in [0.5, 0.6) is 5.75 Å². The Balaban J connectivity index is 3.00. The molecule has 0 bridgehead atoms. The fraction of sp³-hybridized carbons (Fsp3) is 0.182. The molecule has 0 aliphatic heterocycles. The van der Waals surface area contributed by atoms with Crippen LogP contribution in [0.1, 0.15) is 5.56 Å². The van der Waals surface area contributed by atoms with E-state index in [0.717, 1.165) is 10.9 Å². The number of benzene rings is 1. The minimum atomic E-state index is -0.108. The van der Waals surface area contributed by atoms with Gasteiger partial charge >= 0.3 is 0 Å². The molecule has 0 unspecified atom stereocenters. The van der Waals surface area contributed by atoms with Gasteiger partial charge in [-0.3, -0.25) is 4.79 Å². The summed E-state index contributed by atoms with van der Waals surface area (Å²) in [4.78, 5) is 14.2. The van der Waals surface area contributed by atoms with Gasteiger partial charge < -0.3 is 9.72 Å². The minimum absolute atomic E-state index is 0.108. The van der Waals surface area contributed by atoms with Crippen LogP contribution in [0.4, 0.5) is 0 Å². The molecular formula is C11H11NO2. The van der Waals surface area contributed by atoms with E-state index in [4.69, 9.17) is 4.74 Å². The third kappa shape index (κ3) is 1.18. The first-order chi connectivity index (χ1) is 6.74. The Kier molecular flexibility index (Phi) is 2.00. The molecule has 2 aromatic rings. The van der Waals surface area contributed by atoms with E-state index in [1.807, 2.05) is 25.1 Å². The molecule has 0 fully saturated rings. The summed E-state index contributed by atoms with van der Waals surface area (Å²) in [6, 6.07) is 5.64. The van der Waals surface area contributed by atoms with Crippen LogP contribution < -0.4 is 10.3 Å². The zero-order chi connectivity index (χ0) is 10.1. The Morgan fingerprint density at radius 2 is 2.07 bits per heavy atom. The second-order valence-corrected chi connectivity index (χ2v) is 3.18. The Morgan fingerprint density at radius 1 is 1.29 bits per heavy atom. The van der Waals surface area contributed by atoms with E-state index < -0.39 is 0 Å². The summed E-state index contributed by atoms with van der Waals surface area (Å²) >= 11 is 0. The van der Waals surface area contributed by atoms with Gasteiger partial charge in [-0.2, -0.15) is 0 Å². The first kappa shape index (κ1) is 8.81. The number of hydrogen-bond donors (Lipinski definition) is 1. The maximum atomic E-state index is 11.6. The molecule has 0 amide bonds. The lowest BCUT2D eigenvalue weighted by Gasteiger charge is -2.05. The number of pyridine rings is 1. The maximum absolute atomic E-state index is 11.6. The van der Waals surface area contributed by atoms with E-state index in [2.05, 4.69) is 4.98 Å². The number of aryl methyl sites for hydroxylation is 1. The van der Waals surface area contributed by atoms with Gasteiger partial charge in [0.05, 0.1) is 12.5 Å². The van der Waals surface area contributed by atoms with Crippen LogP contribution in [0.25, 0.3) is 10.8 Å². The summed E-state index contributed by atoms with van der Waals surface area (Å²) in [5, 5.41) is 1.56. The van der Waals surface area contributed by atoms with Crippen molar-refractivity contribution < 1.29 is 4.74 Å². The monoisotopic (exact) mass is 189 g/mol. The Labute approximate surface area is 81.3 Å². The van der Waals surface area contributed by atoms with Crippen molar-refractivity contribution in [2.75, 3.05) is 7.11 Å². The summed E-state index contributed by atoms with van der Waals surface area (Å²) in [6.45, 7) is 1.97. The molecule has 3 nitrogen and oxygen atoms in total. The third-order valence-electron chi connectivity index (χ3n) is 2.34. The highest BCUT2D eigenvalue weighted by atomic mass is 16.5. The van der Waals surface area contributed by atoms with Gasteiger partial charge in [0.1, 0.15) is 5.75 Å². The molecule has 0 atom stereocenters. The molecule has 3 heteroatoms. The van der Waals surface area contributed by atoms with Crippen LogP contribution in [0.3, 0.4) is 0 Å². The van der Waals surface area contributed by atoms with Crippen LogP contribution in [-0.4, -0.2) is 12.1 Å². The molecule has 1 aromatic heterocycles. The molecule has 0 aliphatic rings. The number of aromatic amines is 1. The molecule has 14 heavy (non-hydrogen) atoms. The Hall–Kier alpha value is -1.77. The smallest absolute Gasteiger partial charge is 0.259 e. The summed E-state index contributed by atoms with van der Waals surface area (Å²) < 4.78 is 5.14. The Morgan fingerprint density at radius 3 is 2.79 bits per heavy atom. The molecule has 1 N–H and O–H groups in total. The number of aromatic nitrogens is 1. The predicted molar refractivity (Wildman–Crippen MR) is 55.9 cm³/mol. The van der Waals surface area contributed by atoms with Crippen LogP contribution in [0.2, 0.25) is 0 Å². The molecule has 2 rings (SSSR count). The third-order valence-corrected chi connectivity index (χ3v) is 2.34. The van der Waals surface area contributed by atoms with Crippen molar-refractivity contribution in [1.29, 1.82) is 0 Å². The van der Waals surface area contributed by atoms with Crippen molar-refractivity contribution in [2.24, 2.45) is 0 Å². The van der Waals surface area contributed by atoms with Crippen LogP contribution in [0.15, 0.2) is 29.2 Å². The zero-order valence-corrected chi connectivity index (χ0v) is 8.13. The quantitative estimate of drug-likeness (QED) is 0.743. The molecule has 0 saturated carbocycles. The molecule has 1 aromatic carbocycles. The van der Waals surface area contributed by atoms with Crippen molar-refractivity contribution in [3.05, 3.63) is 40.3 Å². The van der Waals surface area contributed by atoms with E-state index in [9.17, 15) is 4.79 Å². The lowest BCUT2D eigenvalue weighted by atomic mass is 10.1. The highest BCUT2D eigenvalue weighted by Crippen LogP contribution is 2.24. The van der Waals surface area contributed by atoms with Crippen LogP contribution >= 0.6 is 0 Å². The van der Waals surface area contributed by atoms with Gasteiger partial charge in [-0.1, -0.05) is 6.07 Å². The molecule has 0 aliphatic carbocycles. The van der Waals surface area contributed by atoms with Gasteiger partial charge in [0.15, 0.2) is 0 Å². The number of H-pyrrole nitrogens is 1. The SMILES string of the molecule is COc1ccc(C)c2cc[nH]c(=O)c12. The van der Waals surface area contributed by atoms with E-state index in [1.165, 1.54) is 0 Å². The van der Waals surface area contributed by atoms with Gasteiger partial charge in [0, 0.05) is 6.20 Å². The number of methoxy groups -OCH3 is 1. The number of nitrogens with one attached hydrogen (secondary N) is 1. The summed E-state index contributed by atoms with van der Waals surface area (Å²) in [5.41, 5.74) is 0.968. The standard InChI is InChI=1S/C11H11NO2/c1-7-3-4-9(14-2)10-8(7)5-6-12-11(10)13/h3-6H,1-2H3,(H,12,13). The van der Waals surface area contributed by atoms with Gasteiger partial charge in [-0.25, -0.2) is 0 Å². The fourth-order valence-electron chi connectivity index (χ4n) is 1.60. The fourth-order valence-corrected chi connectivity index (χ4v) is 1.60. The average molecular weight is 189 g/mol. The number of rotatable bonds is 1. The number of ether oxygens (including phenoxy) is 1. The topological polar surface area (TPSA) is 42.1 Å². The lowest BCUT2D eigenvalue weighted by Crippen LogP contribution is -2.06. The highest BCUT2D eigenvalue weighted by Gasteiger charge is 2.06. The Bertz CT molecular complexity index is 528. The van der Waals surface area contributed by atoms with E-state index in [-0.39, 0.29) is 5.56 Å². The van der Waals surface area contributed by atoms with Gasteiger partial charge in [-0.15, -0.1) is 0 Å². The maximum Gasteiger partial charge on any atom is 0.259 e. The van der Waals surface area contributed by atoms with E-state index in [0.29, 0.717) is 11.1 Å². The summed E-state index contributed by atoms with van der Waals surface area (Å²) in [7, 11) is 1.57. The second kappa shape index (κ2) is 3.18. The van der Waals surface area contributed by atoms with Crippen molar-refractivity contribution >= 4 is 10.8 Å². The van der Waals surface area contributed by atoms with Crippen LogP contribution in [0, 0.1) is 6.92 Å². The molecule has 1 heterocycles.